The normalized spacial score (nSPS) is 10.8. The molecule has 4 heteroatoms. The number of rotatable bonds is 1. The average Bonchev–Trinajstić information content (AvgIpc) is 2.73. The second-order valence-electron chi connectivity index (χ2n) is 3.49. The molecule has 0 aliphatic rings. The van der Waals surface area contributed by atoms with E-state index in [1.807, 2.05) is 36.5 Å². The summed E-state index contributed by atoms with van der Waals surface area (Å²) in [6.07, 6.45) is 5.39. The molecule has 0 fully saturated rings. The summed E-state index contributed by atoms with van der Waals surface area (Å²) in [5.41, 5.74) is 2.88. The number of hydrogen-bond donors (Lipinski definition) is 0. The van der Waals surface area contributed by atoms with Crippen LogP contribution in [0.25, 0.3) is 16.8 Å². The first-order valence-electron chi connectivity index (χ1n) is 4.88. The first-order chi connectivity index (χ1) is 7.83. The largest absolute Gasteiger partial charge is 0.264 e. The Bertz CT molecular complexity index is 631. The van der Waals surface area contributed by atoms with E-state index in [-0.39, 0.29) is 0 Å². The molecule has 0 saturated carbocycles. The molecule has 3 aromatic rings. The van der Waals surface area contributed by atoms with E-state index in [2.05, 4.69) is 10.1 Å². The minimum atomic E-state index is 0.713. The molecule has 0 spiro atoms. The lowest BCUT2D eigenvalue weighted by molar-refractivity contribution is 0.965. The fourth-order valence-electron chi connectivity index (χ4n) is 1.62. The van der Waals surface area contributed by atoms with Crippen LogP contribution in [-0.4, -0.2) is 14.6 Å². The molecule has 0 N–H and O–H groups in total. The Morgan fingerprint density at radius 2 is 2.12 bits per heavy atom. The summed E-state index contributed by atoms with van der Waals surface area (Å²) in [4.78, 5) is 4.07. The second kappa shape index (κ2) is 3.61. The van der Waals surface area contributed by atoms with Gasteiger partial charge >= 0.3 is 0 Å². The van der Waals surface area contributed by atoms with Gasteiger partial charge in [0.05, 0.1) is 11.2 Å². The first kappa shape index (κ1) is 9.36. The van der Waals surface area contributed by atoms with Crippen LogP contribution < -0.4 is 0 Å². The topological polar surface area (TPSA) is 30.2 Å². The standard InChI is InChI=1S/C12H8ClN3/c13-10-3-5-16-11(6-10)7-12(15-16)9-2-1-4-14-8-9/h1-8H. The molecule has 0 aromatic carbocycles. The third kappa shape index (κ3) is 1.55. The zero-order chi connectivity index (χ0) is 11.0. The van der Waals surface area contributed by atoms with Crippen molar-refractivity contribution < 1.29 is 0 Å². The smallest absolute Gasteiger partial charge is 0.0949 e. The summed E-state index contributed by atoms with van der Waals surface area (Å²) < 4.78 is 1.80. The third-order valence-corrected chi connectivity index (χ3v) is 2.62. The van der Waals surface area contributed by atoms with Crippen LogP contribution in [0, 0.1) is 0 Å². The highest BCUT2D eigenvalue weighted by atomic mass is 35.5. The van der Waals surface area contributed by atoms with Crippen LogP contribution in [0.5, 0.6) is 0 Å². The lowest BCUT2D eigenvalue weighted by Gasteiger charge is -1.92. The molecule has 0 radical (unpaired) electrons. The SMILES string of the molecule is Clc1ccn2nc(-c3cccnc3)cc2c1. The summed E-state index contributed by atoms with van der Waals surface area (Å²) in [6.45, 7) is 0. The van der Waals surface area contributed by atoms with E-state index in [0.717, 1.165) is 16.8 Å². The Morgan fingerprint density at radius 3 is 2.94 bits per heavy atom. The van der Waals surface area contributed by atoms with Crippen LogP contribution in [0.3, 0.4) is 0 Å². The van der Waals surface area contributed by atoms with Crippen molar-refractivity contribution in [1.82, 2.24) is 14.6 Å². The fraction of sp³-hybridized carbons (Fsp3) is 0. The molecule has 0 saturated heterocycles. The van der Waals surface area contributed by atoms with Gasteiger partial charge < -0.3 is 0 Å². The number of halogens is 1. The summed E-state index contributed by atoms with van der Waals surface area (Å²) in [6, 6.07) is 9.56. The van der Waals surface area contributed by atoms with E-state index < -0.39 is 0 Å². The number of aromatic nitrogens is 3. The number of fused-ring (bicyclic) bond motifs is 1. The fourth-order valence-corrected chi connectivity index (χ4v) is 1.79. The average molecular weight is 230 g/mol. The summed E-state index contributed by atoms with van der Waals surface area (Å²) in [5, 5.41) is 5.16. The maximum Gasteiger partial charge on any atom is 0.0949 e. The number of nitrogens with zero attached hydrogens (tertiary/aromatic N) is 3. The maximum atomic E-state index is 5.92. The zero-order valence-corrected chi connectivity index (χ0v) is 9.09. The van der Waals surface area contributed by atoms with E-state index in [0.29, 0.717) is 5.02 Å². The van der Waals surface area contributed by atoms with Crippen LogP contribution >= 0.6 is 11.6 Å². The van der Waals surface area contributed by atoms with Crippen molar-refractivity contribution in [1.29, 1.82) is 0 Å². The van der Waals surface area contributed by atoms with Gasteiger partial charge in [0.15, 0.2) is 0 Å². The maximum absolute atomic E-state index is 5.92. The predicted octanol–water partition coefficient (Wildman–Crippen LogP) is 3.05. The van der Waals surface area contributed by atoms with Crippen molar-refractivity contribution in [3.8, 4) is 11.3 Å². The van der Waals surface area contributed by atoms with Gasteiger partial charge in [-0.15, -0.1) is 0 Å². The van der Waals surface area contributed by atoms with Crippen molar-refractivity contribution >= 4 is 17.1 Å². The zero-order valence-electron chi connectivity index (χ0n) is 8.34. The molecule has 3 nitrogen and oxygen atoms in total. The van der Waals surface area contributed by atoms with Crippen LogP contribution in [0.2, 0.25) is 5.02 Å². The van der Waals surface area contributed by atoms with Gasteiger partial charge in [-0.1, -0.05) is 11.6 Å². The van der Waals surface area contributed by atoms with Crippen LogP contribution in [-0.2, 0) is 0 Å². The molecule has 0 bridgehead atoms. The van der Waals surface area contributed by atoms with E-state index in [1.165, 1.54) is 0 Å². The van der Waals surface area contributed by atoms with Gasteiger partial charge in [0.2, 0.25) is 0 Å². The quantitative estimate of drug-likeness (QED) is 0.642. The molecule has 16 heavy (non-hydrogen) atoms. The molecule has 0 atom stereocenters. The Labute approximate surface area is 97.3 Å². The molecule has 0 amide bonds. The molecule has 0 aliphatic heterocycles. The van der Waals surface area contributed by atoms with Gasteiger partial charge in [0.1, 0.15) is 0 Å². The molecular weight excluding hydrogens is 222 g/mol. The molecule has 0 unspecified atom stereocenters. The summed E-state index contributed by atoms with van der Waals surface area (Å²) >= 11 is 5.92. The third-order valence-electron chi connectivity index (χ3n) is 2.38. The van der Waals surface area contributed by atoms with Crippen molar-refractivity contribution in [3.63, 3.8) is 0 Å². The lowest BCUT2D eigenvalue weighted by atomic mass is 10.2. The molecule has 3 aromatic heterocycles. The Hall–Kier alpha value is -1.87. The van der Waals surface area contributed by atoms with Gasteiger partial charge in [0.25, 0.3) is 0 Å². The molecule has 3 rings (SSSR count). The minimum absolute atomic E-state index is 0.713. The van der Waals surface area contributed by atoms with Crippen LogP contribution in [0.15, 0.2) is 48.9 Å². The minimum Gasteiger partial charge on any atom is -0.264 e. The Morgan fingerprint density at radius 1 is 1.19 bits per heavy atom. The van der Waals surface area contributed by atoms with E-state index in [4.69, 9.17) is 11.6 Å². The predicted molar refractivity (Wildman–Crippen MR) is 63.4 cm³/mol. The van der Waals surface area contributed by atoms with Gasteiger partial charge in [0, 0.05) is 29.2 Å². The highest BCUT2D eigenvalue weighted by Crippen LogP contribution is 2.20. The van der Waals surface area contributed by atoms with Crippen molar-refractivity contribution in [2.45, 2.75) is 0 Å². The number of pyridine rings is 2. The van der Waals surface area contributed by atoms with E-state index in [1.54, 1.807) is 16.9 Å². The lowest BCUT2D eigenvalue weighted by Crippen LogP contribution is -1.85. The molecule has 78 valence electrons. The Kier molecular flexibility index (Phi) is 2.11. The van der Waals surface area contributed by atoms with Gasteiger partial charge in [-0.2, -0.15) is 5.10 Å². The van der Waals surface area contributed by atoms with Crippen molar-refractivity contribution in [2.24, 2.45) is 0 Å². The first-order valence-corrected chi connectivity index (χ1v) is 5.26. The number of hydrogen-bond acceptors (Lipinski definition) is 2. The second-order valence-corrected chi connectivity index (χ2v) is 3.92. The van der Waals surface area contributed by atoms with Gasteiger partial charge in [-0.3, -0.25) is 4.98 Å². The Balaban J connectivity index is 2.19. The molecule has 0 aliphatic carbocycles. The molecule has 3 heterocycles. The highest BCUT2D eigenvalue weighted by molar-refractivity contribution is 6.30. The van der Waals surface area contributed by atoms with Crippen molar-refractivity contribution in [3.05, 3.63) is 53.9 Å². The monoisotopic (exact) mass is 229 g/mol. The summed E-state index contributed by atoms with van der Waals surface area (Å²) in [7, 11) is 0. The van der Waals surface area contributed by atoms with Gasteiger partial charge in [-0.25, -0.2) is 4.52 Å². The summed E-state index contributed by atoms with van der Waals surface area (Å²) in [5.74, 6) is 0. The van der Waals surface area contributed by atoms with Crippen LogP contribution in [0.4, 0.5) is 0 Å². The van der Waals surface area contributed by atoms with Crippen molar-refractivity contribution in [2.75, 3.05) is 0 Å². The highest BCUT2D eigenvalue weighted by Gasteiger charge is 2.04. The van der Waals surface area contributed by atoms with Crippen LogP contribution in [0.1, 0.15) is 0 Å². The van der Waals surface area contributed by atoms with E-state index >= 15 is 0 Å². The molecular formula is C12H8ClN3. The van der Waals surface area contributed by atoms with Gasteiger partial charge in [-0.05, 0) is 30.3 Å². The van der Waals surface area contributed by atoms with E-state index in [9.17, 15) is 0 Å².